The number of fused-ring (bicyclic) bond motifs is 6. The third-order valence-electron chi connectivity index (χ3n) is 14.8. The molecule has 0 aliphatic carbocycles. The summed E-state index contributed by atoms with van der Waals surface area (Å²) in [5.41, 5.74) is 21.4. The van der Waals surface area contributed by atoms with E-state index < -0.39 is 0 Å². The highest BCUT2D eigenvalue weighted by molar-refractivity contribution is 6.93. The fraction of sp³-hybridized carbons (Fsp3) is 0.118. The molecule has 0 bridgehead atoms. The van der Waals surface area contributed by atoms with Gasteiger partial charge in [-0.25, -0.2) is 0 Å². The molecule has 0 radical (unpaired) electrons. The number of allylic oxidation sites excluding steroid dienone is 3. The van der Waals surface area contributed by atoms with E-state index in [1.807, 2.05) is 6.08 Å². The van der Waals surface area contributed by atoms with Crippen molar-refractivity contribution in [3.63, 3.8) is 0 Å². The highest BCUT2D eigenvalue weighted by Gasteiger charge is 2.48. The van der Waals surface area contributed by atoms with Gasteiger partial charge < -0.3 is 19.0 Å². The molecular weight excluding hydrogens is 886 g/mol. The van der Waals surface area contributed by atoms with Gasteiger partial charge in [-0.1, -0.05) is 179 Å². The number of rotatable bonds is 14. The summed E-state index contributed by atoms with van der Waals surface area (Å²) in [5, 5.41) is 2.19. The van der Waals surface area contributed by atoms with E-state index in [-0.39, 0.29) is 6.85 Å². The molecule has 10 aromatic rings. The Morgan fingerprint density at radius 2 is 1.18 bits per heavy atom. The van der Waals surface area contributed by atoms with Crippen LogP contribution in [0.25, 0.3) is 49.8 Å². The minimum Gasteiger partial charge on any atom is -0.456 e. The summed E-state index contributed by atoms with van der Waals surface area (Å²) in [6.07, 6.45) is 13.2. The molecule has 0 fully saturated rings. The minimum atomic E-state index is -0.253. The van der Waals surface area contributed by atoms with Gasteiger partial charge in [0.15, 0.2) is 0 Å². The summed E-state index contributed by atoms with van der Waals surface area (Å²) < 4.78 is 6.83. The summed E-state index contributed by atoms with van der Waals surface area (Å²) in [5.74, 6) is 0. The van der Waals surface area contributed by atoms with Gasteiger partial charge in [-0.05, 0) is 149 Å². The third-order valence-corrected chi connectivity index (χ3v) is 14.8. The molecule has 0 unspecified atom stereocenters. The topological polar surface area (TPSA) is 22.9 Å². The molecule has 0 saturated carbocycles. The van der Waals surface area contributed by atoms with Crippen LogP contribution in [-0.4, -0.2) is 6.85 Å². The predicted molar refractivity (Wildman–Crippen MR) is 312 cm³/mol. The van der Waals surface area contributed by atoms with Gasteiger partial charge in [-0.3, -0.25) is 0 Å². The van der Waals surface area contributed by atoms with Crippen LogP contribution < -0.4 is 25.5 Å². The van der Waals surface area contributed by atoms with E-state index in [1.54, 1.807) is 0 Å². The zero-order valence-corrected chi connectivity index (χ0v) is 41.7. The molecule has 5 heteroatoms. The van der Waals surface area contributed by atoms with Crippen LogP contribution in [0.1, 0.15) is 56.2 Å². The van der Waals surface area contributed by atoms with Crippen LogP contribution in [0.2, 0.25) is 0 Å². The number of nitrogens with zero attached hydrogens (tertiary/aromatic N) is 3. The van der Waals surface area contributed by atoms with Crippen molar-refractivity contribution >= 4 is 79.4 Å². The molecule has 3 heterocycles. The van der Waals surface area contributed by atoms with Crippen molar-refractivity contribution in [2.75, 3.05) is 14.6 Å². The summed E-state index contributed by atoms with van der Waals surface area (Å²) >= 11 is 0. The summed E-state index contributed by atoms with van der Waals surface area (Å²) in [7, 11) is 0. The lowest BCUT2D eigenvalue weighted by molar-refractivity contribution is 0.669. The van der Waals surface area contributed by atoms with Crippen LogP contribution in [0.15, 0.2) is 247 Å². The lowest BCUT2D eigenvalue weighted by atomic mass is 9.42. The smallest absolute Gasteiger partial charge is 0.333 e. The predicted octanol–water partition coefficient (Wildman–Crippen LogP) is 17.3. The first-order valence-corrected chi connectivity index (χ1v) is 26.1. The van der Waals surface area contributed by atoms with Crippen LogP contribution in [-0.2, 0) is 12.8 Å². The van der Waals surface area contributed by atoms with Crippen molar-refractivity contribution in [1.82, 2.24) is 0 Å². The SMILES string of the molecule is C=CC=C1/C(=C\N(c2ccccc2)c2ccc(CCCC)cc2)c2cc(-c3ccccc3)cc3c2B(c2ccc4oc5ccccc5c4c2N3c2ccc(CCCC)cc2-c2ccccc2)N1c1ccccc1. The molecule has 9 aromatic carbocycles. The van der Waals surface area contributed by atoms with Crippen LogP contribution in [0, 0.1) is 0 Å². The molecule has 354 valence electrons. The maximum atomic E-state index is 6.83. The molecule has 0 spiro atoms. The number of unbranched alkanes of at least 4 members (excludes halogenated alkanes) is 2. The highest BCUT2D eigenvalue weighted by atomic mass is 16.3. The van der Waals surface area contributed by atoms with Crippen LogP contribution >= 0.6 is 0 Å². The number of para-hydroxylation sites is 3. The molecule has 0 N–H and O–H groups in total. The van der Waals surface area contributed by atoms with E-state index in [1.165, 1.54) is 39.6 Å². The Hall–Kier alpha value is -8.54. The van der Waals surface area contributed by atoms with E-state index in [2.05, 4.69) is 260 Å². The number of hydrogen-bond donors (Lipinski definition) is 0. The quantitative estimate of drug-likeness (QED) is 0.101. The van der Waals surface area contributed by atoms with Crippen molar-refractivity contribution in [2.24, 2.45) is 0 Å². The fourth-order valence-electron chi connectivity index (χ4n) is 11.3. The van der Waals surface area contributed by atoms with Gasteiger partial charge in [-0.2, -0.15) is 0 Å². The van der Waals surface area contributed by atoms with Gasteiger partial charge in [0, 0.05) is 51.2 Å². The first-order valence-electron chi connectivity index (χ1n) is 26.1. The monoisotopic (exact) mass is 943 g/mol. The Labute approximate surface area is 430 Å². The van der Waals surface area contributed by atoms with Crippen molar-refractivity contribution in [1.29, 1.82) is 0 Å². The molecular formula is C68H58BN3O. The van der Waals surface area contributed by atoms with Crippen molar-refractivity contribution in [3.05, 3.63) is 260 Å². The zero-order valence-electron chi connectivity index (χ0n) is 41.7. The van der Waals surface area contributed by atoms with E-state index in [0.29, 0.717) is 0 Å². The first kappa shape index (κ1) is 45.6. The van der Waals surface area contributed by atoms with Crippen molar-refractivity contribution in [2.45, 2.75) is 52.4 Å². The molecule has 4 nitrogen and oxygen atoms in total. The first-order chi connectivity index (χ1) is 36.1. The normalized spacial score (nSPS) is 14.0. The number of furan rings is 1. The van der Waals surface area contributed by atoms with Crippen molar-refractivity contribution in [3.8, 4) is 22.3 Å². The second-order valence-electron chi connectivity index (χ2n) is 19.4. The standard InChI is InChI=1S/C68H58BN3O/c1-4-7-24-48-36-39-54(40-37-48)70(53-30-17-11-18-31-53)47-59-58-45-52(50-26-13-9-14-27-50)46-63-67(58)69(72(62(59)23-6-3)55-32-19-12-20-33-55)60-41-43-65-66(56-34-21-22-35-64(56)73-65)68(60)71(63)61-42-38-49(25-8-5-2)44-57(61)51-28-15-10-16-29-51/h6,9-23,26-47H,3-5,7-8,24-25H2,1-2H3/b59-47-,62-23?. The molecule has 1 aromatic heterocycles. The maximum absolute atomic E-state index is 6.83. The maximum Gasteiger partial charge on any atom is 0.333 e. The second kappa shape index (κ2) is 19.9. The number of hydrogen-bond acceptors (Lipinski definition) is 4. The molecule has 73 heavy (non-hydrogen) atoms. The average Bonchev–Trinajstić information content (AvgIpc) is 3.85. The van der Waals surface area contributed by atoms with E-state index in [0.717, 1.165) is 116 Å². The number of benzene rings is 9. The van der Waals surface area contributed by atoms with Gasteiger partial charge in [-0.15, -0.1) is 0 Å². The van der Waals surface area contributed by atoms with Crippen molar-refractivity contribution < 1.29 is 4.42 Å². The van der Waals surface area contributed by atoms with E-state index >= 15 is 0 Å². The number of anilines is 6. The molecule has 2 aliphatic rings. The minimum absolute atomic E-state index is 0.253. The lowest BCUT2D eigenvalue weighted by Gasteiger charge is -2.47. The lowest BCUT2D eigenvalue weighted by Crippen LogP contribution is -2.64. The highest BCUT2D eigenvalue weighted by Crippen LogP contribution is 2.51. The van der Waals surface area contributed by atoms with Gasteiger partial charge in [0.1, 0.15) is 11.2 Å². The van der Waals surface area contributed by atoms with Crippen LogP contribution in [0.4, 0.5) is 34.1 Å². The Bertz CT molecular complexity index is 3670. The van der Waals surface area contributed by atoms with Gasteiger partial charge in [0.05, 0.1) is 16.8 Å². The molecule has 12 rings (SSSR count). The average molecular weight is 944 g/mol. The molecule has 0 atom stereocenters. The fourth-order valence-corrected chi connectivity index (χ4v) is 11.3. The number of aryl methyl sites for hydroxylation is 2. The Morgan fingerprint density at radius 3 is 1.89 bits per heavy atom. The summed E-state index contributed by atoms with van der Waals surface area (Å²) in [6.45, 7) is 8.70. The van der Waals surface area contributed by atoms with Gasteiger partial charge in [0.25, 0.3) is 0 Å². The van der Waals surface area contributed by atoms with E-state index in [9.17, 15) is 0 Å². The third kappa shape index (κ3) is 8.35. The van der Waals surface area contributed by atoms with Crippen LogP contribution in [0.5, 0.6) is 0 Å². The zero-order chi connectivity index (χ0) is 49.3. The van der Waals surface area contributed by atoms with Gasteiger partial charge >= 0.3 is 6.85 Å². The molecule has 0 amide bonds. The Morgan fingerprint density at radius 1 is 0.548 bits per heavy atom. The molecule has 2 aliphatic heterocycles. The molecule has 0 saturated heterocycles. The Balaban J connectivity index is 1.23. The Kier molecular flexibility index (Phi) is 12.4. The summed E-state index contributed by atoms with van der Waals surface area (Å²) in [6, 6.07) is 77.9. The largest absolute Gasteiger partial charge is 0.456 e. The summed E-state index contributed by atoms with van der Waals surface area (Å²) in [4.78, 5) is 7.54. The van der Waals surface area contributed by atoms with Gasteiger partial charge in [0.2, 0.25) is 0 Å². The van der Waals surface area contributed by atoms with Crippen LogP contribution in [0.3, 0.4) is 0 Å². The second-order valence-corrected chi connectivity index (χ2v) is 19.4. The van der Waals surface area contributed by atoms with E-state index in [4.69, 9.17) is 4.42 Å².